The fourth-order valence-electron chi connectivity index (χ4n) is 3.52. The molecule has 0 N–H and O–H groups in total. The van der Waals surface area contributed by atoms with Gasteiger partial charge in [-0.05, 0) is 92.1 Å². The second kappa shape index (κ2) is 16.8. The number of rotatable bonds is 15. The van der Waals surface area contributed by atoms with Gasteiger partial charge < -0.3 is 33.2 Å². The number of esters is 3. The van der Waals surface area contributed by atoms with Crippen LogP contribution in [0.1, 0.15) is 39.1 Å². The zero-order chi connectivity index (χ0) is 31.0. The number of aryl methyl sites for hydroxylation is 1. The second-order valence-corrected chi connectivity index (χ2v) is 8.83. The van der Waals surface area contributed by atoms with Gasteiger partial charge in [0.1, 0.15) is 36.2 Å². The highest BCUT2D eigenvalue weighted by molar-refractivity contribution is 5.91. The van der Waals surface area contributed by atoms with E-state index in [1.807, 2.05) is 6.92 Å². The molecule has 3 rings (SSSR count). The lowest BCUT2D eigenvalue weighted by atomic mass is 10.2. The Kier molecular flexibility index (Phi) is 12.6. The Balaban J connectivity index is 1.33. The summed E-state index contributed by atoms with van der Waals surface area (Å²) in [6.07, 6.45) is 1.18. The van der Waals surface area contributed by atoms with E-state index in [2.05, 4.69) is 6.58 Å². The number of hydrogen-bond donors (Lipinski definition) is 0. The molecule has 0 bridgehead atoms. The highest BCUT2D eigenvalue weighted by atomic mass is 16.7. The minimum atomic E-state index is -0.896. The molecule has 0 atom stereocenters. The molecule has 0 radical (unpaired) electrons. The van der Waals surface area contributed by atoms with Crippen LogP contribution in [0.25, 0.3) is 0 Å². The summed E-state index contributed by atoms with van der Waals surface area (Å²) < 4.78 is 36.3. The summed E-state index contributed by atoms with van der Waals surface area (Å²) >= 11 is 0. The van der Waals surface area contributed by atoms with Crippen LogP contribution >= 0.6 is 0 Å². The van der Waals surface area contributed by atoms with E-state index in [9.17, 15) is 19.2 Å². The monoisotopic (exact) mass is 592 g/mol. The van der Waals surface area contributed by atoms with E-state index < -0.39 is 24.1 Å². The molecule has 11 nitrogen and oxygen atoms in total. The number of benzene rings is 3. The van der Waals surface area contributed by atoms with E-state index in [0.29, 0.717) is 35.7 Å². The number of ether oxygens (including phenoxy) is 7. The summed E-state index contributed by atoms with van der Waals surface area (Å²) in [5.41, 5.74) is 1.44. The lowest BCUT2D eigenvalue weighted by molar-refractivity contribution is -0.137. The van der Waals surface area contributed by atoms with E-state index in [-0.39, 0.29) is 37.7 Å². The molecule has 0 aromatic heterocycles. The van der Waals surface area contributed by atoms with Crippen LogP contribution in [0.2, 0.25) is 0 Å². The van der Waals surface area contributed by atoms with Gasteiger partial charge in [-0.3, -0.25) is 0 Å². The number of unbranched alkanes of at least 4 members (excludes halogenated alkanes) is 1. The van der Waals surface area contributed by atoms with Crippen molar-refractivity contribution in [2.75, 3.05) is 33.5 Å². The summed E-state index contributed by atoms with van der Waals surface area (Å²) in [4.78, 5) is 47.5. The maximum absolute atomic E-state index is 12.4. The molecule has 0 spiro atoms. The molecular formula is C32H32O11. The zero-order valence-electron chi connectivity index (χ0n) is 23.9. The van der Waals surface area contributed by atoms with E-state index in [1.54, 1.807) is 49.6 Å². The highest BCUT2D eigenvalue weighted by Crippen LogP contribution is 2.24. The summed E-state index contributed by atoms with van der Waals surface area (Å²) in [5.74, 6) is 0.176. The smallest absolute Gasteiger partial charge is 0.496 e. The molecule has 0 heterocycles. The molecule has 3 aromatic rings. The molecule has 43 heavy (non-hydrogen) atoms. The van der Waals surface area contributed by atoms with Gasteiger partial charge in [-0.15, -0.1) is 0 Å². The van der Waals surface area contributed by atoms with Crippen LogP contribution in [0.4, 0.5) is 4.79 Å². The predicted molar refractivity (Wildman–Crippen MR) is 154 cm³/mol. The first kappa shape index (κ1) is 32.2. The van der Waals surface area contributed by atoms with Gasteiger partial charge >= 0.3 is 24.1 Å². The van der Waals surface area contributed by atoms with Crippen molar-refractivity contribution >= 4 is 24.1 Å². The number of methoxy groups -OCH3 is 1. The Labute approximate surface area is 248 Å². The van der Waals surface area contributed by atoms with E-state index >= 15 is 0 Å². The van der Waals surface area contributed by atoms with Gasteiger partial charge in [0.05, 0.1) is 31.5 Å². The van der Waals surface area contributed by atoms with Gasteiger partial charge in [0, 0.05) is 6.08 Å². The first-order chi connectivity index (χ1) is 20.8. The first-order valence-corrected chi connectivity index (χ1v) is 13.3. The van der Waals surface area contributed by atoms with Gasteiger partial charge in [-0.2, -0.15) is 0 Å². The van der Waals surface area contributed by atoms with Crippen molar-refractivity contribution in [3.63, 3.8) is 0 Å². The maximum atomic E-state index is 12.4. The van der Waals surface area contributed by atoms with E-state index in [0.717, 1.165) is 11.6 Å². The minimum absolute atomic E-state index is 0.0170. The van der Waals surface area contributed by atoms with Crippen LogP contribution in [0, 0.1) is 6.92 Å². The summed E-state index contributed by atoms with van der Waals surface area (Å²) in [6.45, 7) is 5.51. The van der Waals surface area contributed by atoms with Crippen molar-refractivity contribution in [3.05, 3.63) is 96.1 Å². The van der Waals surface area contributed by atoms with Crippen molar-refractivity contribution in [2.45, 2.75) is 19.8 Å². The SMILES string of the molecule is C=CC(=O)OCCCCOC(=O)Oc1ccc(C(=O)OCCOc2ccc(C(=O)Oc3ccc(OC)c(C)c3)cc2)cc1. The zero-order valence-corrected chi connectivity index (χ0v) is 23.9. The Morgan fingerprint density at radius 3 is 1.91 bits per heavy atom. The fraction of sp³-hybridized carbons (Fsp3) is 0.250. The van der Waals surface area contributed by atoms with Crippen molar-refractivity contribution in [1.29, 1.82) is 0 Å². The van der Waals surface area contributed by atoms with Gasteiger partial charge in [0.15, 0.2) is 0 Å². The molecule has 3 aromatic carbocycles. The predicted octanol–water partition coefficient (Wildman–Crippen LogP) is 5.48. The van der Waals surface area contributed by atoms with E-state index in [1.165, 1.54) is 24.3 Å². The number of hydrogen-bond acceptors (Lipinski definition) is 11. The Hall–Kier alpha value is -5.32. The maximum Gasteiger partial charge on any atom is 0.513 e. The molecule has 0 amide bonds. The van der Waals surface area contributed by atoms with Crippen molar-refractivity contribution in [3.8, 4) is 23.0 Å². The molecule has 0 fully saturated rings. The highest BCUT2D eigenvalue weighted by Gasteiger charge is 2.12. The summed E-state index contributed by atoms with van der Waals surface area (Å²) in [6, 6.07) is 17.2. The molecule has 0 unspecified atom stereocenters. The minimum Gasteiger partial charge on any atom is -0.496 e. The molecule has 0 aliphatic heterocycles. The van der Waals surface area contributed by atoms with Crippen LogP contribution in [0.3, 0.4) is 0 Å². The van der Waals surface area contributed by atoms with Crippen LogP contribution in [-0.4, -0.2) is 57.6 Å². The standard InChI is InChI=1S/C32H32O11/c1-4-29(33)39-17-5-6-18-41-32(36)43-26-13-9-23(10-14-26)30(34)40-20-19-38-25-11-7-24(8-12-25)31(35)42-27-15-16-28(37-3)22(2)21-27/h4,7-16,21H,1,5-6,17-20H2,2-3H3. The number of carbonyl (C=O) groups is 4. The Morgan fingerprint density at radius 1 is 0.674 bits per heavy atom. The third kappa shape index (κ3) is 10.9. The van der Waals surface area contributed by atoms with Crippen LogP contribution in [-0.2, 0) is 19.0 Å². The molecule has 0 aliphatic rings. The lowest BCUT2D eigenvalue weighted by Gasteiger charge is -2.10. The fourth-order valence-corrected chi connectivity index (χ4v) is 3.52. The van der Waals surface area contributed by atoms with Crippen molar-refractivity contribution in [2.24, 2.45) is 0 Å². The first-order valence-electron chi connectivity index (χ1n) is 13.3. The van der Waals surface area contributed by atoms with Crippen molar-refractivity contribution in [1.82, 2.24) is 0 Å². The van der Waals surface area contributed by atoms with Gasteiger partial charge in [0.25, 0.3) is 0 Å². The quantitative estimate of drug-likeness (QED) is 0.0554. The number of carbonyl (C=O) groups excluding carboxylic acids is 4. The molecule has 0 saturated carbocycles. The third-order valence-corrected chi connectivity index (χ3v) is 5.71. The molecule has 11 heteroatoms. The average molecular weight is 593 g/mol. The average Bonchev–Trinajstić information content (AvgIpc) is 3.01. The molecular weight excluding hydrogens is 560 g/mol. The van der Waals surface area contributed by atoms with Gasteiger partial charge in [-0.1, -0.05) is 6.58 Å². The topological polar surface area (TPSA) is 133 Å². The van der Waals surface area contributed by atoms with Crippen molar-refractivity contribution < 1.29 is 52.3 Å². The largest absolute Gasteiger partial charge is 0.513 e. The Bertz CT molecular complexity index is 1400. The lowest BCUT2D eigenvalue weighted by Crippen LogP contribution is -2.13. The Morgan fingerprint density at radius 2 is 1.28 bits per heavy atom. The third-order valence-electron chi connectivity index (χ3n) is 5.71. The van der Waals surface area contributed by atoms with E-state index in [4.69, 9.17) is 33.2 Å². The second-order valence-electron chi connectivity index (χ2n) is 8.83. The van der Waals surface area contributed by atoms with Crippen LogP contribution in [0.15, 0.2) is 79.4 Å². The summed E-state index contributed by atoms with van der Waals surface area (Å²) in [7, 11) is 1.57. The molecule has 226 valence electrons. The normalized spacial score (nSPS) is 10.2. The summed E-state index contributed by atoms with van der Waals surface area (Å²) in [5, 5.41) is 0. The molecule has 0 saturated heterocycles. The van der Waals surface area contributed by atoms with Crippen LogP contribution in [0.5, 0.6) is 23.0 Å². The molecule has 0 aliphatic carbocycles. The van der Waals surface area contributed by atoms with Crippen LogP contribution < -0.4 is 18.9 Å². The van der Waals surface area contributed by atoms with Gasteiger partial charge in [0.2, 0.25) is 0 Å². The van der Waals surface area contributed by atoms with Gasteiger partial charge in [-0.25, -0.2) is 19.2 Å².